The quantitative estimate of drug-likeness (QED) is 0.797. The highest BCUT2D eigenvalue weighted by Crippen LogP contribution is 2.33. The molecule has 1 aromatic rings. The first-order valence-corrected chi connectivity index (χ1v) is 11.0. The van der Waals surface area contributed by atoms with Gasteiger partial charge in [0.15, 0.2) is 11.5 Å². The fraction of sp³-hybridized carbons (Fsp3) is 0.632. The number of rotatable bonds is 4. The maximum Gasteiger partial charge on any atom is 0.243 e. The second kappa shape index (κ2) is 8.26. The normalized spacial score (nSPS) is 19.1. The highest BCUT2D eigenvalue weighted by molar-refractivity contribution is 7.89. The fourth-order valence-corrected chi connectivity index (χ4v) is 4.68. The van der Waals surface area contributed by atoms with E-state index < -0.39 is 10.0 Å². The Kier molecular flexibility index (Phi) is 6.16. The first kappa shape index (κ1) is 20.9. The van der Waals surface area contributed by atoms with Crippen LogP contribution in [-0.2, 0) is 14.8 Å². The molecule has 2 heterocycles. The van der Waals surface area contributed by atoms with E-state index in [1.807, 2.05) is 25.7 Å². The summed E-state index contributed by atoms with van der Waals surface area (Å²) in [6.07, 6.45) is 0.765. The third-order valence-electron chi connectivity index (χ3n) is 4.57. The number of benzene rings is 1. The lowest BCUT2D eigenvalue weighted by Gasteiger charge is -2.34. The van der Waals surface area contributed by atoms with Gasteiger partial charge in [0.25, 0.3) is 0 Å². The van der Waals surface area contributed by atoms with E-state index in [4.69, 9.17) is 9.47 Å². The highest BCUT2D eigenvalue weighted by atomic mass is 32.2. The Morgan fingerprint density at radius 1 is 1.07 bits per heavy atom. The first-order valence-electron chi connectivity index (χ1n) is 9.58. The van der Waals surface area contributed by atoms with Gasteiger partial charge in [0.2, 0.25) is 15.9 Å². The molecule has 1 fully saturated rings. The number of ether oxygens (including phenoxy) is 2. The minimum atomic E-state index is -3.62. The van der Waals surface area contributed by atoms with E-state index in [-0.39, 0.29) is 22.9 Å². The summed E-state index contributed by atoms with van der Waals surface area (Å²) in [5, 5.41) is 2.93. The largest absolute Gasteiger partial charge is 0.490 e. The van der Waals surface area contributed by atoms with Crippen molar-refractivity contribution in [2.24, 2.45) is 0 Å². The number of nitrogens with zero attached hydrogens (tertiary/aromatic N) is 2. The molecule has 0 bridgehead atoms. The summed E-state index contributed by atoms with van der Waals surface area (Å²) < 4.78 is 38.7. The van der Waals surface area contributed by atoms with Crippen LogP contribution in [0.15, 0.2) is 23.1 Å². The zero-order valence-electron chi connectivity index (χ0n) is 16.7. The lowest BCUT2D eigenvalue weighted by atomic mass is 10.1. The molecule has 0 saturated carbocycles. The third-order valence-corrected chi connectivity index (χ3v) is 6.46. The van der Waals surface area contributed by atoms with Crippen molar-refractivity contribution in [3.63, 3.8) is 0 Å². The Morgan fingerprint density at radius 3 is 2.36 bits per heavy atom. The molecular formula is C19H29N3O5S. The van der Waals surface area contributed by atoms with Gasteiger partial charge in [0.05, 0.1) is 24.7 Å². The van der Waals surface area contributed by atoms with Crippen molar-refractivity contribution in [1.82, 2.24) is 14.5 Å². The van der Waals surface area contributed by atoms with Crippen LogP contribution in [0.5, 0.6) is 11.5 Å². The van der Waals surface area contributed by atoms with E-state index in [0.29, 0.717) is 50.9 Å². The number of sulfonamides is 1. The molecule has 8 nitrogen and oxygen atoms in total. The van der Waals surface area contributed by atoms with E-state index in [1.165, 1.54) is 4.31 Å². The molecule has 0 aromatic heterocycles. The van der Waals surface area contributed by atoms with Crippen LogP contribution in [0, 0.1) is 0 Å². The number of hydrogen-bond acceptors (Lipinski definition) is 6. The molecule has 2 aliphatic heterocycles. The maximum absolute atomic E-state index is 13.0. The molecule has 1 saturated heterocycles. The summed E-state index contributed by atoms with van der Waals surface area (Å²) in [4.78, 5) is 14.3. The molecule has 156 valence electrons. The lowest BCUT2D eigenvalue weighted by Crippen LogP contribution is -2.52. The van der Waals surface area contributed by atoms with Gasteiger partial charge in [-0.1, -0.05) is 0 Å². The van der Waals surface area contributed by atoms with E-state index in [9.17, 15) is 13.2 Å². The SMILES string of the molecule is CC(C)(C)NC(=O)CN1CCN(S(=O)(=O)c2ccc3c(c2)OCCCO3)CC1. The average Bonchev–Trinajstić information content (AvgIpc) is 2.85. The smallest absolute Gasteiger partial charge is 0.243 e. The zero-order valence-corrected chi connectivity index (χ0v) is 17.5. The Morgan fingerprint density at radius 2 is 1.71 bits per heavy atom. The molecule has 0 unspecified atom stereocenters. The number of fused-ring (bicyclic) bond motifs is 1. The summed E-state index contributed by atoms with van der Waals surface area (Å²) in [6.45, 7) is 8.87. The molecule has 2 aliphatic rings. The van der Waals surface area contributed by atoms with E-state index in [0.717, 1.165) is 6.42 Å². The molecule has 3 rings (SSSR count). The summed E-state index contributed by atoms with van der Waals surface area (Å²) in [6, 6.07) is 4.76. The number of hydrogen-bond donors (Lipinski definition) is 1. The Labute approximate surface area is 166 Å². The molecular weight excluding hydrogens is 382 g/mol. The number of amides is 1. The molecule has 0 atom stereocenters. The van der Waals surface area contributed by atoms with Gasteiger partial charge < -0.3 is 14.8 Å². The molecule has 9 heteroatoms. The summed E-state index contributed by atoms with van der Waals surface area (Å²) in [7, 11) is -3.62. The maximum atomic E-state index is 13.0. The van der Waals surface area contributed by atoms with Crippen LogP contribution in [0.4, 0.5) is 0 Å². The number of piperazine rings is 1. The monoisotopic (exact) mass is 411 g/mol. The first-order chi connectivity index (χ1) is 13.1. The van der Waals surface area contributed by atoms with Crippen molar-refractivity contribution in [3.05, 3.63) is 18.2 Å². The molecule has 0 radical (unpaired) electrons. The van der Waals surface area contributed by atoms with Gasteiger partial charge in [-0.05, 0) is 32.9 Å². The fourth-order valence-electron chi connectivity index (χ4n) is 3.24. The van der Waals surface area contributed by atoms with Crippen LogP contribution in [0.1, 0.15) is 27.2 Å². The van der Waals surface area contributed by atoms with Gasteiger partial charge in [-0.15, -0.1) is 0 Å². The Balaban J connectivity index is 1.62. The Hall–Kier alpha value is -1.84. The predicted octanol–water partition coefficient (Wildman–Crippen LogP) is 1.07. The second-order valence-corrected chi connectivity index (χ2v) is 10.1. The van der Waals surface area contributed by atoms with Gasteiger partial charge >= 0.3 is 0 Å². The van der Waals surface area contributed by atoms with Gasteiger partial charge in [-0.3, -0.25) is 9.69 Å². The van der Waals surface area contributed by atoms with Crippen LogP contribution in [-0.4, -0.2) is 75.0 Å². The van der Waals surface area contributed by atoms with Crippen LogP contribution in [0.25, 0.3) is 0 Å². The van der Waals surface area contributed by atoms with Gasteiger partial charge in [-0.25, -0.2) is 8.42 Å². The van der Waals surface area contributed by atoms with Crippen molar-refractivity contribution in [2.45, 2.75) is 37.6 Å². The predicted molar refractivity (Wildman–Crippen MR) is 105 cm³/mol. The summed E-state index contributed by atoms with van der Waals surface area (Å²) in [5.74, 6) is 0.994. The molecule has 0 spiro atoms. The zero-order chi connectivity index (χ0) is 20.4. The molecule has 28 heavy (non-hydrogen) atoms. The molecule has 1 amide bonds. The average molecular weight is 412 g/mol. The molecule has 0 aliphatic carbocycles. The van der Waals surface area contributed by atoms with E-state index >= 15 is 0 Å². The van der Waals surface area contributed by atoms with E-state index in [1.54, 1.807) is 18.2 Å². The third kappa shape index (κ3) is 5.15. The topological polar surface area (TPSA) is 88.2 Å². The Bertz CT molecular complexity index is 811. The van der Waals surface area contributed by atoms with Gasteiger partial charge in [0.1, 0.15) is 0 Å². The minimum Gasteiger partial charge on any atom is -0.490 e. The highest BCUT2D eigenvalue weighted by Gasteiger charge is 2.30. The summed E-state index contributed by atoms with van der Waals surface area (Å²) >= 11 is 0. The summed E-state index contributed by atoms with van der Waals surface area (Å²) in [5.41, 5.74) is -0.278. The van der Waals surface area contributed by atoms with Crippen molar-refractivity contribution >= 4 is 15.9 Å². The van der Waals surface area contributed by atoms with Crippen LogP contribution in [0.2, 0.25) is 0 Å². The lowest BCUT2D eigenvalue weighted by molar-refractivity contribution is -0.123. The molecule has 1 aromatic carbocycles. The standard InChI is InChI=1S/C19H29N3O5S/c1-19(2,3)20-18(23)14-21-7-9-22(10-8-21)28(24,25)15-5-6-16-17(13-15)27-12-4-11-26-16/h5-6,13H,4,7-12,14H2,1-3H3,(H,20,23). The van der Waals surface area contributed by atoms with Crippen molar-refractivity contribution in [1.29, 1.82) is 0 Å². The van der Waals surface area contributed by atoms with Crippen LogP contribution < -0.4 is 14.8 Å². The van der Waals surface area contributed by atoms with Gasteiger partial charge in [0, 0.05) is 44.2 Å². The van der Waals surface area contributed by atoms with E-state index in [2.05, 4.69) is 5.32 Å². The number of carbonyl (C=O) groups excluding carboxylic acids is 1. The number of nitrogens with one attached hydrogen (secondary N) is 1. The van der Waals surface area contributed by atoms with Gasteiger partial charge in [-0.2, -0.15) is 4.31 Å². The number of carbonyl (C=O) groups is 1. The van der Waals surface area contributed by atoms with Crippen LogP contribution >= 0.6 is 0 Å². The van der Waals surface area contributed by atoms with Crippen molar-refractivity contribution < 1.29 is 22.7 Å². The van der Waals surface area contributed by atoms with Crippen molar-refractivity contribution in [2.75, 3.05) is 45.9 Å². The minimum absolute atomic E-state index is 0.0493. The second-order valence-electron chi connectivity index (χ2n) is 8.14. The molecule has 1 N–H and O–H groups in total. The van der Waals surface area contributed by atoms with Crippen molar-refractivity contribution in [3.8, 4) is 11.5 Å². The van der Waals surface area contributed by atoms with Crippen LogP contribution in [0.3, 0.4) is 0 Å².